The fraction of sp³-hybridized carbons (Fsp3) is 0.571. The second kappa shape index (κ2) is 5.98. The lowest BCUT2D eigenvalue weighted by Gasteiger charge is -2.31. The summed E-state index contributed by atoms with van der Waals surface area (Å²) in [6.45, 7) is 3.80. The van der Waals surface area contributed by atoms with Gasteiger partial charge >= 0.3 is 0 Å². The summed E-state index contributed by atoms with van der Waals surface area (Å²) in [4.78, 5) is 25.9. The summed E-state index contributed by atoms with van der Waals surface area (Å²) in [5.41, 5.74) is 6.88. The van der Waals surface area contributed by atoms with Crippen LogP contribution in [-0.2, 0) is 11.8 Å². The molecule has 3 N–H and O–H groups in total. The summed E-state index contributed by atoms with van der Waals surface area (Å²) < 4.78 is 1.74. The number of nitrogens with two attached hydrogens (primary N) is 1. The number of likely N-dealkylation sites (tertiary alicyclic amines) is 1. The lowest BCUT2D eigenvalue weighted by atomic mass is 9.95. The van der Waals surface area contributed by atoms with Crippen LogP contribution in [0.5, 0.6) is 0 Å². The number of anilines is 1. The Balaban J connectivity index is 1.95. The topological polar surface area (TPSA) is 80.4 Å². The Bertz CT molecular complexity index is 501. The van der Waals surface area contributed by atoms with Crippen molar-refractivity contribution in [3.05, 3.63) is 18.0 Å². The van der Waals surface area contributed by atoms with Gasteiger partial charge in [0.2, 0.25) is 5.91 Å². The van der Waals surface area contributed by atoms with Crippen LogP contribution in [0.3, 0.4) is 0 Å². The van der Waals surface area contributed by atoms with Crippen molar-refractivity contribution in [2.45, 2.75) is 19.8 Å². The molecule has 2 heterocycles. The minimum absolute atomic E-state index is 0.0152. The highest BCUT2D eigenvalue weighted by molar-refractivity contribution is 5.94. The van der Waals surface area contributed by atoms with Gasteiger partial charge in [0.25, 0.3) is 5.91 Å². The first kappa shape index (κ1) is 14.4. The number of amides is 2. The van der Waals surface area contributed by atoms with Crippen LogP contribution >= 0.6 is 0 Å². The molecule has 0 radical (unpaired) electrons. The number of aromatic nitrogens is 1. The number of nitrogens with zero attached hydrogens (tertiary/aromatic N) is 2. The third-order valence-corrected chi connectivity index (χ3v) is 3.75. The van der Waals surface area contributed by atoms with E-state index in [9.17, 15) is 9.59 Å². The third kappa shape index (κ3) is 2.95. The first-order valence-electron chi connectivity index (χ1n) is 7.01. The molecule has 0 aliphatic carbocycles. The number of hydrogen-bond donors (Lipinski definition) is 2. The maximum Gasteiger partial charge on any atom is 0.270 e. The molecular formula is C14H22N4O2. The molecule has 0 unspecified atom stereocenters. The number of piperidine rings is 1. The highest BCUT2D eigenvalue weighted by atomic mass is 16.2. The Labute approximate surface area is 118 Å². The molecule has 110 valence electrons. The molecular weight excluding hydrogens is 256 g/mol. The molecule has 20 heavy (non-hydrogen) atoms. The Kier molecular flexibility index (Phi) is 4.32. The van der Waals surface area contributed by atoms with Crippen molar-refractivity contribution in [2.75, 3.05) is 25.4 Å². The quantitative estimate of drug-likeness (QED) is 0.849. The van der Waals surface area contributed by atoms with Gasteiger partial charge in [0.1, 0.15) is 5.69 Å². The summed E-state index contributed by atoms with van der Waals surface area (Å²) in [6.07, 6.45) is 3.17. The molecule has 6 nitrogen and oxygen atoms in total. The van der Waals surface area contributed by atoms with E-state index in [0.29, 0.717) is 31.0 Å². The lowest BCUT2D eigenvalue weighted by molar-refractivity contribution is -0.126. The first-order valence-corrected chi connectivity index (χ1v) is 7.01. The van der Waals surface area contributed by atoms with Crippen molar-refractivity contribution >= 4 is 17.5 Å². The van der Waals surface area contributed by atoms with E-state index in [0.717, 1.165) is 12.8 Å². The van der Waals surface area contributed by atoms with E-state index in [1.165, 1.54) is 0 Å². The molecule has 0 aromatic carbocycles. The average molecular weight is 278 g/mol. The lowest BCUT2D eigenvalue weighted by Crippen LogP contribution is -2.43. The van der Waals surface area contributed by atoms with Crippen molar-refractivity contribution in [1.29, 1.82) is 0 Å². The molecule has 2 rings (SSSR count). The van der Waals surface area contributed by atoms with Crippen LogP contribution < -0.4 is 11.1 Å². The van der Waals surface area contributed by atoms with Gasteiger partial charge < -0.3 is 20.5 Å². The number of aryl methyl sites for hydroxylation is 1. The summed E-state index contributed by atoms with van der Waals surface area (Å²) in [5, 5.41) is 2.84. The largest absolute Gasteiger partial charge is 0.397 e. The van der Waals surface area contributed by atoms with Gasteiger partial charge in [-0.05, 0) is 25.8 Å². The molecule has 1 aromatic rings. The summed E-state index contributed by atoms with van der Waals surface area (Å²) in [6, 6.07) is 1.69. The summed E-state index contributed by atoms with van der Waals surface area (Å²) >= 11 is 0. The number of rotatable bonds is 3. The van der Waals surface area contributed by atoms with E-state index in [4.69, 9.17) is 5.73 Å². The molecule has 1 aliphatic heterocycles. The van der Waals surface area contributed by atoms with E-state index < -0.39 is 0 Å². The Morgan fingerprint density at radius 2 is 2.05 bits per heavy atom. The van der Waals surface area contributed by atoms with Crippen LogP contribution in [0.2, 0.25) is 0 Å². The number of carbonyl (C=O) groups excluding carboxylic acids is 2. The molecule has 1 aliphatic rings. The van der Waals surface area contributed by atoms with Gasteiger partial charge in [-0.15, -0.1) is 0 Å². The summed E-state index contributed by atoms with van der Waals surface area (Å²) in [5.74, 6) is 0.110. The molecule has 0 saturated carbocycles. The van der Waals surface area contributed by atoms with Crippen molar-refractivity contribution in [2.24, 2.45) is 13.0 Å². The zero-order chi connectivity index (χ0) is 14.7. The normalized spacial score (nSPS) is 16.2. The SMILES string of the molecule is CCNC(=O)C1CCN(C(=O)c2cc(N)cn2C)CC1. The Hall–Kier alpha value is -1.98. The van der Waals surface area contributed by atoms with Crippen LogP contribution in [0, 0.1) is 5.92 Å². The van der Waals surface area contributed by atoms with E-state index in [-0.39, 0.29) is 17.7 Å². The second-order valence-electron chi connectivity index (χ2n) is 5.23. The van der Waals surface area contributed by atoms with Crippen molar-refractivity contribution in [3.8, 4) is 0 Å². The smallest absolute Gasteiger partial charge is 0.270 e. The molecule has 0 atom stereocenters. The Morgan fingerprint density at radius 3 is 2.55 bits per heavy atom. The molecule has 6 heteroatoms. The van der Waals surface area contributed by atoms with Gasteiger partial charge in [-0.2, -0.15) is 0 Å². The van der Waals surface area contributed by atoms with E-state index in [1.54, 1.807) is 21.7 Å². The highest BCUT2D eigenvalue weighted by Gasteiger charge is 2.28. The minimum Gasteiger partial charge on any atom is -0.397 e. The molecule has 1 fully saturated rings. The van der Waals surface area contributed by atoms with Crippen LogP contribution in [0.15, 0.2) is 12.3 Å². The standard InChI is InChI=1S/C14H22N4O2/c1-3-16-13(19)10-4-6-18(7-5-10)14(20)12-8-11(15)9-17(12)2/h8-10H,3-7,15H2,1-2H3,(H,16,19). The van der Waals surface area contributed by atoms with E-state index >= 15 is 0 Å². The highest BCUT2D eigenvalue weighted by Crippen LogP contribution is 2.20. The third-order valence-electron chi connectivity index (χ3n) is 3.75. The predicted octanol–water partition coefficient (Wildman–Crippen LogP) is 0.596. The van der Waals surface area contributed by atoms with Gasteiger partial charge in [-0.3, -0.25) is 9.59 Å². The number of carbonyl (C=O) groups is 2. The number of nitrogens with one attached hydrogen (secondary N) is 1. The predicted molar refractivity (Wildman–Crippen MR) is 77.1 cm³/mol. The number of nitrogen functional groups attached to an aromatic ring is 1. The zero-order valence-corrected chi connectivity index (χ0v) is 12.1. The molecule has 0 spiro atoms. The van der Waals surface area contributed by atoms with E-state index in [1.807, 2.05) is 14.0 Å². The Morgan fingerprint density at radius 1 is 1.40 bits per heavy atom. The maximum absolute atomic E-state index is 12.4. The first-order chi connectivity index (χ1) is 9.52. The summed E-state index contributed by atoms with van der Waals surface area (Å²) in [7, 11) is 1.81. The maximum atomic E-state index is 12.4. The average Bonchev–Trinajstić information content (AvgIpc) is 2.77. The molecule has 2 amide bonds. The number of hydrogen-bond acceptors (Lipinski definition) is 3. The molecule has 1 saturated heterocycles. The van der Waals surface area contributed by atoms with Crippen LogP contribution in [0.1, 0.15) is 30.3 Å². The van der Waals surface area contributed by atoms with Crippen molar-refractivity contribution < 1.29 is 9.59 Å². The van der Waals surface area contributed by atoms with E-state index in [2.05, 4.69) is 5.32 Å². The molecule has 0 bridgehead atoms. The monoisotopic (exact) mass is 278 g/mol. The van der Waals surface area contributed by atoms with Gasteiger partial charge in [0.05, 0.1) is 5.69 Å². The zero-order valence-electron chi connectivity index (χ0n) is 12.1. The fourth-order valence-corrected chi connectivity index (χ4v) is 2.63. The fourth-order valence-electron chi connectivity index (χ4n) is 2.63. The van der Waals surface area contributed by atoms with Crippen molar-refractivity contribution in [3.63, 3.8) is 0 Å². The van der Waals surface area contributed by atoms with Gasteiger partial charge in [-0.25, -0.2) is 0 Å². The second-order valence-corrected chi connectivity index (χ2v) is 5.23. The van der Waals surface area contributed by atoms with Crippen LogP contribution in [0.4, 0.5) is 5.69 Å². The van der Waals surface area contributed by atoms with Gasteiger partial charge in [0, 0.05) is 38.8 Å². The van der Waals surface area contributed by atoms with Gasteiger partial charge in [-0.1, -0.05) is 0 Å². The molecule has 1 aromatic heterocycles. The van der Waals surface area contributed by atoms with Crippen molar-refractivity contribution in [1.82, 2.24) is 14.8 Å². The van der Waals surface area contributed by atoms with Crippen LogP contribution in [-0.4, -0.2) is 40.9 Å². The van der Waals surface area contributed by atoms with Gasteiger partial charge in [0.15, 0.2) is 0 Å². The minimum atomic E-state index is -0.0152. The van der Waals surface area contributed by atoms with Crippen LogP contribution in [0.25, 0.3) is 0 Å².